The second kappa shape index (κ2) is 3.98. The van der Waals surface area contributed by atoms with Crippen molar-refractivity contribution in [1.82, 2.24) is 0 Å². The molecular weight excluding hydrogens is 228 g/mol. The highest BCUT2D eigenvalue weighted by atomic mass is 28.4. The van der Waals surface area contributed by atoms with Crippen LogP contribution < -0.4 is 4.43 Å². The first-order valence-corrected chi connectivity index (χ1v) is 9.56. The summed E-state index contributed by atoms with van der Waals surface area (Å²) >= 11 is 0. The third-order valence-corrected chi connectivity index (χ3v) is 3.94. The van der Waals surface area contributed by atoms with Gasteiger partial charge in [0.2, 0.25) is 8.32 Å². The Kier molecular flexibility index (Phi) is 2.90. The largest absolute Gasteiger partial charge is 0.544 e. The molecule has 0 bridgehead atoms. The van der Waals surface area contributed by atoms with E-state index in [4.69, 9.17) is 4.43 Å². The van der Waals surface area contributed by atoms with Crippen molar-refractivity contribution < 1.29 is 9.22 Å². The molecule has 0 fully saturated rings. The predicted octanol–water partition coefficient (Wildman–Crippen LogP) is 3.90. The predicted molar refractivity (Wildman–Crippen MR) is 72.5 cm³/mol. The lowest BCUT2D eigenvalue weighted by Gasteiger charge is -2.22. The van der Waals surface area contributed by atoms with Gasteiger partial charge in [0, 0.05) is 6.42 Å². The van der Waals surface area contributed by atoms with Gasteiger partial charge in [0.15, 0.2) is 5.78 Å². The Hall–Kier alpha value is -1.09. The Balaban J connectivity index is 2.54. The summed E-state index contributed by atoms with van der Waals surface area (Å²) in [6.45, 7) is 10.6. The maximum absolute atomic E-state index is 12.1. The first-order chi connectivity index (χ1) is 7.79. The molecular formula is C14H20O2Si. The zero-order valence-electron chi connectivity index (χ0n) is 11.3. The van der Waals surface area contributed by atoms with Crippen LogP contribution in [0.3, 0.4) is 0 Å². The topological polar surface area (TPSA) is 26.3 Å². The van der Waals surface area contributed by atoms with Gasteiger partial charge < -0.3 is 4.43 Å². The Morgan fingerprint density at radius 1 is 1.29 bits per heavy atom. The molecule has 0 heterocycles. The molecule has 1 aromatic rings. The van der Waals surface area contributed by atoms with Crippen LogP contribution in [0.15, 0.2) is 12.1 Å². The van der Waals surface area contributed by atoms with E-state index in [-0.39, 0.29) is 5.78 Å². The van der Waals surface area contributed by atoms with Crippen molar-refractivity contribution in [2.75, 3.05) is 0 Å². The minimum absolute atomic E-state index is 0.240. The molecule has 0 N–H and O–H groups in total. The normalized spacial score (nSPS) is 19.4. The second-order valence-electron chi connectivity index (χ2n) is 5.91. The maximum atomic E-state index is 12.1. The van der Waals surface area contributed by atoms with Crippen molar-refractivity contribution >= 4 is 14.1 Å². The molecule has 3 heteroatoms. The van der Waals surface area contributed by atoms with E-state index in [0.29, 0.717) is 12.3 Å². The van der Waals surface area contributed by atoms with Crippen LogP contribution >= 0.6 is 0 Å². The number of hydrogen-bond donors (Lipinski definition) is 0. The molecule has 0 aliphatic heterocycles. The van der Waals surface area contributed by atoms with E-state index in [1.807, 2.05) is 6.07 Å². The summed E-state index contributed by atoms with van der Waals surface area (Å²) in [5, 5.41) is 0. The molecule has 0 saturated heterocycles. The van der Waals surface area contributed by atoms with Crippen LogP contribution in [0.4, 0.5) is 0 Å². The summed E-state index contributed by atoms with van der Waals surface area (Å²) in [7, 11) is -1.66. The summed E-state index contributed by atoms with van der Waals surface area (Å²) in [5.74, 6) is 1.38. The first-order valence-electron chi connectivity index (χ1n) is 6.15. The lowest BCUT2D eigenvalue weighted by atomic mass is 9.98. The molecule has 0 saturated carbocycles. The Labute approximate surface area is 104 Å². The van der Waals surface area contributed by atoms with Crippen LogP contribution in [-0.4, -0.2) is 14.1 Å². The van der Waals surface area contributed by atoms with Crippen LogP contribution in [0.2, 0.25) is 19.6 Å². The molecule has 0 radical (unpaired) electrons. The van der Waals surface area contributed by atoms with E-state index < -0.39 is 8.32 Å². The fourth-order valence-electron chi connectivity index (χ4n) is 2.52. The average Bonchev–Trinajstić information content (AvgIpc) is 2.46. The first kappa shape index (κ1) is 12.4. The third kappa shape index (κ3) is 2.29. The highest BCUT2D eigenvalue weighted by molar-refractivity contribution is 6.70. The molecule has 1 unspecified atom stereocenters. The number of hydrogen-bond acceptors (Lipinski definition) is 2. The number of aryl methyl sites for hydroxylation is 1. The van der Waals surface area contributed by atoms with Crippen LogP contribution in [-0.2, 0) is 0 Å². The number of carbonyl (C=O) groups is 1. The molecule has 1 atom stereocenters. The third-order valence-electron chi connectivity index (χ3n) is 3.10. The molecule has 2 nitrogen and oxygen atoms in total. The Morgan fingerprint density at radius 3 is 2.53 bits per heavy atom. The van der Waals surface area contributed by atoms with E-state index in [0.717, 1.165) is 11.3 Å². The van der Waals surface area contributed by atoms with E-state index >= 15 is 0 Å². The maximum Gasteiger partial charge on any atom is 0.242 e. The summed E-state index contributed by atoms with van der Waals surface area (Å²) in [5.41, 5.74) is 3.26. The monoisotopic (exact) mass is 248 g/mol. The van der Waals surface area contributed by atoms with Gasteiger partial charge in [-0.1, -0.05) is 13.0 Å². The lowest BCUT2D eigenvalue weighted by Crippen LogP contribution is -2.30. The van der Waals surface area contributed by atoms with Crippen LogP contribution in [0.1, 0.15) is 40.7 Å². The number of fused-ring (bicyclic) bond motifs is 1. The van der Waals surface area contributed by atoms with Crippen molar-refractivity contribution in [1.29, 1.82) is 0 Å². The quantitative estimate of drug-likeness (QED) is 0.742. The second-order valence-corrected chi connectivity index (χ2v) is 10.3. The highest BCUT2D eigenvalue weighted by Gasteiger charge is 2.32. The smallest absolute Gasteiger partial charge is 0.242 e. The van der Waals surface area contributed by atoms with E-state index in [1.54, 1.807) is 0 Å². The number of benzene rings is 1. The average molecular weight is 248 g/mol. The SMILES string of the molecule is Cc1ccc(O[Si](C)(C)C)c2c1C(C)CC2=O. The number of carbonyl (C=O) groups excluding carboxylic acids is 1. The van der Waals surface area contributed by atoms with Gasteiger partial charge in [0.05, 0.1) is 5.56 Å². The van der Waals surface area contributed by atoms with Gasteiger partial charge in [0.25, 0.3) is 0 Å². The van der Waals surface area contributed by atoms with E-state index in [2.05, 4.69) is 39.6 Å². The van der Waals surface area contributed by atoms with Gasteiger partial charge in [-0.05, 0) is 49.7 Å². The van der Waals surface area contributed by atoms with E-state index in [1.165, 1.54) is 11.1 Å². The summed E-state index contributed by atoms with van der Waals surface area (Å²) < 4.78 is 6.04. The molecule has 1 aliphatic carbocycles. The minimum atomic E-state index is -1.66. The standard InChI is InChI=1S/C14H20O2Si/c1-9-6-7-12(16-17(3,4)5)14-11(15)8-10(2)13(9)14/h6-7,10H,8H2,1-5H3. The zero-order chi connectivity index (χ0) is 12.8. The fourth-order valence-corrected chi connectivity index (χ4v) is 3.35. The molecule has 0 amide bonds. The van der Waals surface area contributed by atoms with Crippen molar-refractivity contribution in [3.8, 4) is 5.75 Å². The molecule has 17 heavy (non-hydrogen) atoms. The highest BCUT2D eigenvalue weighted by Crippen LogP contribution is 2.40. The van der Waals surface area contributed by atoms with Gasteiger partial charge >= 0.3 is 0 Å². The number of rotatable bonds is 2. The molecule has 92 valence electrons. The van der Waals surface area contributed by atoms with Gasteiger partial charge in [-0.2, -0.15) is 0 Å². The molecule has 2 rings (SSSR count). The van der Waals surface area contributed by atoms with Gasteiger partial charge in [-0.15, -0.1) is 0 Å². The zero-order valence-corrected chi connectivity index (χ0v) is 12.3. The van der Waals surface area contributed by atoms with Crippen molar-refractivity contribution in [3.05, 3.63) is 28.8 Å². The van der Waals surface area contributed by atoms with Crippen molar-refractivity contribution in [2.24, 2.45) is 0 Å². The number of Topliss-reactive ketones (excluding diaryl/α,β-unsaturated/α-hetero) is 1. The van der Waals surface area contributed by atoms with Gasteiger partial charge in [-0.3, -0.25) is 4.79 Å². The minimum Gasteiger partial charge on any atom is -0.544 e. The van der Waals surface area contributed by atoms with Crippen molar-refractivity contribution in [3.63, 3.8) is 0 Å². The van der Waals surface area contributed by atoms with Crippen LogP contribution in [0.5, 0.6) is 5.75 Å². The molecule has 1 aromatic carbocycles. The fraction of sp³-hybridized carbons (Fsp3) is 0.500. The Morgan fingerprint density at radius 2 is 1.94 bits per heavy atom. The number of ketones is 1. The summed E-state index contributed by atoms with van der Waals surface area (Å²) in [6.07, 6.45) is 0.627. The van der Waals surface area contributed by atoms with Crippen LogP contribution in [0.25, 0.3) is 0 Å². The Bertz CT molecular complexity index is 472. The van der Waals surface area contributed by atoms with Gasteiger partial charge in [0.1, 0.15) is 5.75 Å². The molecule has 0 aromatic heterocycles. The summed E-state index contributed by atoms with van der Waals surface area (Å²) in [4.78, 5) is 12.1. The summed E-state index contributed by atoms with van der Waals surface area (Å²) in [6, 6.07) is 4.03. The van der Waals surface area contributed by atoms with E-state index in [9.17, 15) is 4.79 Å². The molecule has 0 spiro atoms. The van der Waals surface area contributed by atoms with Crippen LogP contribution in [0, 0.1) is 6.92 Å². The lowest BCUT2D eigenvalue weighted by molar-refractivity contribution is 0.0989. The van der Waals surface area contributed by atoms with Crippen molar-refractivity contribution in [2.45, 2.75) is 45.8 Å². The molecule has 1 aliphatic rings. The van der Waals surface area contributed by atoms with Gasteiger partial charge in [-0.25, -0.2) is 0 Å².